The van der Waals surface area contributed by atoms with E-state index >= 15 is 0 Å². The molecule has 2 N–H and O–H groups in total. The van der Waals surface area contributed by atoms with E-state index < -0.39 is 0 Å². The van der Waals surface area contributed by atoms with Crippen molar-refractivity contribution in [3.8, 4) is 0 Å². The van der Waals surface area contributed by atoms with Gasteiger partial charge in [0.2, 0.25) is 5.91 Å². The van der Waals surface area contributed by atoms with Gasteiger partial charge in [0.05, 0.1) is 17.6 Å². The SMILES string of the molecule is CC1OCCC1NC(=O)C1(C)CCCNC1. The largest absolute Gasteiger partial charge is 0.376 e. The van der Waals surface area contributed by atoms with E-state index in [1.54, 1.807) is 0 Å². The molecule has 4 heteroatoms. The van der Waals surface area contributed by atoms with Crippen LogP contribution in [0.3, 0.4) is 0 Å². The quantitative estimate of drug-likeness (QED) is 0.727. The highest BCUT2D eigenvalue weighted by Crippen LogP contribution is 2.26. The summed E-state index contributed by atoms with van der Waals surface area (Å²) in [5.41, 5.74) is -0.236. The van der Waals surface area contributed by atoms with E-state index in [-0.39, 0.29) is 23.5 Å². The zero-order valence-corrected chi connectivity index (χ0v) is 10.2. The number of piperidine rings is 1. The van der Waals surface area contributed by atoms with Crippen LogP contribution >= 0.6 is 0 Å². The summed E-state index contributed by atoms with van der Waals surface area (Å²) in [6.07, 6.45) is 3.16. The molecule has 0 aromatic rings. The standard InChI is InChI=1S/C12H22N2O2/c1-9-10(4-7-16-9)14-11(15)12(2)5-3-6-13-8-12/h9-10,13H,3-8H2,1-2H3,(H,14,15). The van der Waals surface area contributed by atoms with Crippen LogP contribution in [0, 0.1) is 5.41 Å². The third kappa shape index (κ3) is 2.38. The Balaban J connectivity index is 1.91. The minimum atomic E-state index is -0.236. The van der Waals surface area contributed by atoms with Crippen LogP contribution in [0.2, 0.25) is 0 Å². The van der Waals surface area contributed by atoms with Gasteiger partial charge in [0.25, 0.3) is 0 Å². The van der Waals surface area contributed by atoms with Crippen molar-refractivity contribution in [1.29, 1.82) is 0 Å². The Labute approximate surface area is 97.1 Å². The van der Waals surface area contributed by atoms with E-state index in [1.165, 1.54) is 0 Å². The Kier molecular flexibility index (Phi) is 3.50. The second kappa shape index (κ2) is 4.72. The highest BCUT2D eigenvalue weighted by Gasteiger charge is 2.37. The fourth-order valence-electron chi connectivity index (χ4n) is 2.51. The third-order valence-corrected chi connectivity index (χ3v) is 3.84. The summed E-state index contributed by atoms with van der Waals surface area (Å²) in [7, 11) is 0. The summed E-state index contributed by atoms with van der Waals surface area (Å²) in [4.78, 5) is 12.2. The number of nitrogens with one attached hydrogen (secondary N) is 2. The van der Waals surface area contributed by atoms with Crippen molar-refractivity contribution in [3.05, 3.63) is 0 Å². The predicted octanol–water partition coefficient (Wildman–Crippen LogP) is 0.670. The minimum Gasteiger partial charge on any atom is -0.376 e. The molecule has 2 aliphatic heterocycles. The minimum absolute atomic E-state index is 0.157. The van der Waals surface area contributed by atoms with E-state index in [9.17, 15) is 4.79 Å². The van der Waals surface area contributed by atoms with E-state index in [2.05, 4.69) is 17.6 Å². The number of rotatable bonds is 2. The van der Waals surface area contributed by atoms with Crippen molar-refractivity contribution in [3.63, 3.8) is 0 Å². The summed E-state index contributed by atoms with van der Waals surface area (Å²) < 4.78 is 5.46. The molecule has 16 heavy (non-hydrogen) atoms. The molecular formula is C12H22N2O2. The lowest BCUT2D eigenvalue weighted by Crippen LogP contribution is -2.52. The fourth-order valence-corrected chi connectivity index (χ4v) is 2.51. The van der Waals surface area contributed by atoms with Gasteiger partial charge in [0.1, 0.15) is 0 Å². The van der Waals surface area contributed by atoms with Crippen molar-refractivity contribution >= 4 is 5.91 Å². The van der Waals surface area contributed by atoms with Crippen LogP contribution in [-0.2, 0) is 9.53 Å². The number of ether oxygens (including phenoxy) is 1. The molecule has 0 spiro atoms. The highest BCUT2D eigenvalue weighted by atomic mass is 16.5. The molecule has 2 rings (SSSR count). The van der Waals surface area contributed by atoms with Gasteiger partial charge in [-0.05, 0) is 39.7 Å². The molecule has 0 aromatic carbocycles. The summed E-state index contributed by atoms with van der Waals surface area (Å²) in [6, 6.07) is 0.200. The molecule has 92 valence electrons. The summed E-state index contributed by atoms with van der Waals surface area (Å²) >= 11 is 0. The molecule has 2 saturated heterocycles. The molecule has 2 heterocycles. The van der Waals surface area contributed by atoms with Crippen LogP contribution in [0.5, 0.6) is 0 Å². The first kappa shape index (κ1) is 11.9. The molecule has 0 aromatic heterocycles. The first-order chi connectivity index (χ1) is 7.62. The normalized spacial score (nSPS) is 39.6. The summed E-state index contributed by atoms with van der Waals surface area (Å²) in [5.74, 6) is 0.182. The number of carbonyl (C=O) groups is 1. The second-order valence-electron chi connectivity index (χ2n) is 5.29. The lowest BCUT2D eigenvalue weighted by molar-refractivity contribution is -0.132. The molecule has 3 atom stereocenters. The van der Waals surface area contributed by atoms with Gasteiger partial charge in [0, 0.05) is 13.2 Å². The Morgan fingerprint density at radius 1 is 1.56 bits per heavy atom. The smallest absolute Gasteiger partial charge is 0.227 e. The van der Waals surface area contributed by atoms with E-state index in [0.717, 1.165) is 39.0 Å². The number of hydrogen-bond donors (Lipinski definition) is 2. The Morgan fingerprint density at radius 2 is 2.38 bits per heavy atom. The monoisotopic (exact) mass is 226 g/mol. The molecule has 4 nitrogen and oxygen atoms in total. The van der Waals surface area contributed by atoms with Crippen LogP contribution < -0.4 is 10.6 Å². The Morgan fingerprint density at radius 3 is 2.94 bits per heavy atom. The van der Waals surface area contributed by atoms with Gasteiger partial charge in [-0.15, -0.1) is 0 Å². The Hall–Kier alpha value is -0.610. The first-order valence-corrected chi connectivity index (χ1v) is 6.25. The zero-order valence-electron chi connectivity index (χ0n) is 10.2. The van der Waals surface area contributed by atoms with Crippen molar-refractivity contribution in [2.45, 2.75) is 45.3 Å². The molecule has 0 saturated carbocycles. The number of hydrogen-bond acceptors (Lipinski definition) is 3. The fraction of sp³-hybridized carbons (Fsp3) is 0.917. The van der Waals surface area contributed by atoms with Crippen LogP contribution in [-0.4, -0.2) is 37.7 Å². The van der Waals surface area contributed by atoms with Gasteiger partial charge in [0.15, 0.2) is 0 Å². The van der Waals surface area contributed by atoms with Gasteiger partial charge in [-0.1, -0.05) is 0 Å². The first-order valence-electron chi connectivity index (χ1n) is 6.25. The van der Waals surface area contributed by atoms with Gasteiger partial charge >= 0.3 is 0 Å². The lowest BCUT2D eigenvalue weighted by atomic mass is 9.81. The molecular weight excluding hydrogens is 204 g/mol. The molecule has 0 bridgehead atoms. The van der Waals surface area contributed by atoms with Gasteiger partial charge < -0.3 is 15.4 Å². The average Bonchev–Trinajstić information content (AvgIpc) is 2.65. The van der Waals surface area contributed by atoms with E-state index in [4.69, 9.17) is 4.74 Å². The van der Waals surface area contributed by atoms with Crippen molar-refractivity contribution in [1.82, 2.24) is 10.6 Å². The highest BCUT2D eigenvalue weighted by molar-refractivity contribution is 5.83. The summed E-state index contributed by atoms with van der Waals surface area (Å²) in [5, 5.41) is 6.44. The zero-order chi connectivity index (χ0) is 11.6. The van der Waals surface area contributed by atoms with Gasteiger partial charge in [-0.25, -0.2) is 0 Å². The second-order valence-corrected chi connectivity index (χ2v) is 5.29. The van der Waals surface area contributed by atoms with Crippen LogP contribution in [0.15, 0.2) is 0 Å². The molecule has 2 fully saturated rings. The number of carbonyl (C=O) groups excluding carboxylic acids is 1. The third-order valence-electron chi connectivity index (χ3n) is 3.84. The van der Waals surface area contributed by atoms with Gasteiger partial charge in [-0.3, -0.25) is 4.79 Å². The molecule has 0 radical (unpaired) electrons. The molecule has 2 aliphatic rings. The maximum absolute atomic E-state index is 12.2. The Bertz CT molecular complexity index is 262. The molecule has 1 amide bonds. The maximum Gasteiger partial charge on any atom is 0.227 e. The van der Waals surface area contributed by atoms with Crippen molar-refractivity contribution < 1.29 is 9.53 Å². The van der Waals surface area contributed by atoms with E-state index in [0.29, 0.717) is 0 Å². The van der Waals surface area contributed by atoms with Crippen molar-refractivity contribution in [2.24, 2.45) is 5.41 Å². The lowest BCUT2D eigenvalue weighted by Gasteiger charge is -2.34. The van der Waals surface area contributed by atoms with Gasteiger partial charge in [-0.2, -0.15) is 0 Å². The van der Waals surface area contributed by atoms with Crippen molar-refractivity contribution in [2.75, 3.05) is 19.7 Å². The predicted molar refractivity (Wildman–Crippen MR) is 62.2 cm³/mol. The van der Waals surface area contributed by atoms with Crippen LogP contribution in [0.25, 0.3) is 0 Å². The molecule has 3 unspecified atom stereocenters. The topological polar surface area (TPSA) is 50.4 Å². The summed E-state index contributed by atoms with van der Waals surface area (Å²) in [6.45, 7) is 6.67. The average molecular weight is 226 g/mol. The van der Waals surface area contributed by atoms with Crippen LogP contribution in [0.1, 0.15) is 33.1 Å². The maximum atomic E-state index is 12.2. The van der Waals surface area contributed by atoms with Crippen LogP contribution in [0.4, 0.5) is 0 Å². The van der Waals surface area contributed by atoms with E-state index in [1.807, 2.05) is 6.92 Å². The number of amides is 1. The molecule has 0 aliphatic carbocycles.